The lowest BCUT2D eigenvalue weighted by atomic mass is 10.1. The van der Waals surface area contributed by atoms with E-state index in [1.807, 2.05) is 50.1 Å². The van der Waals surface area contributed by atoms with Crippen LogP contribution in [0.15, 0.2) is 30.5 Å². The third-order valence-electron chi connectivity index (χ3n) is 2.21. The smallest absolute Gasteiger partial charge is 0.269 e. The molecule has 128 valence electrons. The largest absolute Gasteiger partial charge is 0.383 e. The van der Waals surface area contributed by atoms with Crippen LogP contribution in [0.5, 0.6) is 0 Å². The van der Waals surface area contributed by atoms with Crippen molar-refractivity contribution in [1.82, 2.24) is 4.90 Å². The number of hydrogen-bond acceptors (Lipinski definition) is 7. The first-order chi connectivity index (χ1) is 10.4. The predicted molar refractivity (Wildman–Crippen MR) is 72.9 cm³/mol. The van der Waals surface area contributed by atoms with Gasteiger partial charge < -0.3 is 4.90 Å². The second-order valence-electron chi connectivity index (χ2n) is 4.82. The minimum Gasteiger partial charge on any atom is -0.383 e. The molecule has 1 rings (SSSR count). The zero-order valence-electron chi connectivity index (χ0n) is 13.1. The Hall–Kier alpha value is -2.04. The highest BCUT2D eigenvalue weighted by Gasteiger charge is 2.08. The molecule has 10 heteroatoms. The molecule has 0 aliphatic heterocycles. The van der Waals surface area contributed by atoms with Crippen LogP contribution < -0.4 is 18.6 Å². The van der Waals surface area contributed by atoms with Crippen molar-refractivity contribution < 1.29 is 38.4 Å². The molecule has 0 aromatic heterocycles. The fourth-order valence-electron chi connectivity index (χ4n) is 1.51. The maximum Gasteiger partial charge on any atom is 0.269 e. The van der Waals surface area contributed by atoms with E-state index < -0.39 is 15.2 Å². The molecule has 0 heterocycles. The van der Waals surface area contributed by atoms with Crippen LogP contribution in [0.4, 0.5) is 5.69 Å². The van der Waals surface area contributed by atoms with E-state index >= 15 is 0 Å². The third-order valence-corrected chi connectivity index (χ3v) is 2.21. The van der Waals surface area contributed by atoms with Gasteiger partial charge in [-0.05, 0) is 17.7 Å². The lowest BCUT2D eigenvalue weighted by molar-refractivity contribution is -2.00. The summed E-state index contributed by atoms with van der Waals surface area (Å²) in [4.78, 5) is 12.2. The lowest BCUT2D eigenvalue weighted by Crippen LogP contribution is -2.68. The molecule has 0 saturated carbocycles. The van der Waals surface area contributed by atoms with Crippen LogP contribution >= 0.6 is 0 Å². The summed E-state index contributed by atoms with van der Waals surface area (Å²) in [6, 6.07) is 6.55. The summed E-state index contributed by atoms with van der Waals surface area (Å²) in [6.45, 7) is 0. The van der Waals surface area contributed by atoms with Crippen LogP contribution in [0.1, 0.15) is 5.56 Å². The fraction of sp³-hybridized carbons (Fsp3) is 0.308. The average molecular weight is 348 g/mol. The summed E-state index contributed by atoms with van der Waals surface area (Å²) < 4.78 is 35.9. The summed E-state index contributed by atoms with van der Waals surface area (Å²) in [7, 11) is 2.81. The molecular formula is C13H18ClN3O6. The van der Waals surface area contributed by atoms with Gasteiger partial charge >= 0.3 is 0 Å². The van der Waals surface area contributed by atoms with E-state index in [0.29, 0.717) is 0 Å². The second kappa shape index (κ2) is 9.18. The van der Waals surface area contributed by atoms with Crippen molar-refractivity contribution in [2.75, 3.05) is 28.2 Å². The topological polar surface area (TPSA) is 142 Å². The zero-order chi connectivity index (χ0) is 18.2. The molecule has 0 saturated heterocycles. The van der Waals surface area contributed by atoms with Crippen LogP contribution in [0.3, 0.4) is 0 Å². The number of halogens is 1. The van der Waals surface area contributed by atoms with E-state index in [2.05, 4.69) is 0 Å². The molecule has 0 bridgehead atoms. The average Bonchev–Trinajstić information content (AvgIpc) is 2.35. The van der Waals surface area contributed by atoms with E-state index in [0.717, 1.165) is 11.1 Å². The quantitative estimate of drug-likeness (QED) is 0.246. The monoisotopic (exact) mass is 347 g/mol. The van der Waals surface area contributed by atoms with Gasteiger partial charge in [-0.15, -0.1) is 10.2 Å². The molecular weight excluding hydrogens is 330 g/mol. The molecule has 0 aliphatic carbocycles. The van der Waals surface area contributed by atoms with E-state index in [4.69, 9.17) is 18.6 Å². The molecule has 1 aromatic carbocycles. The molecule has 0 fully saturated rings. The number of nitro benzene ring substituents is 1. The third kappa shape index (κ3) is 11.2. The number of rotatable bonds is 4. The fourth-order valence-corrected chi connectivity index (χ4v) is 1.51. The van der Waals surface area contributed by atoms with Gasteiger partial charge in [-0.1, -0.05) is 0 Å². The number of benzene rings is 1. The molecule has 1 aromatic rings. The van der Waals surface area contributed by atoms with E-state index in [-0.39, 0.29) is 5.69 Å². The predicted octanol–water partition coefficient (Wildman–Crippen LogP) is -2.92. The van der Waals surface area contributed by atoms with Crippen LogP contribution in [0, 0.1) is 20.4 Å². The Morgan fingerprint density at radius 3 is 1.83 bits per heavy atom. The van der Waals surface area contributed by atoms with Crippen LogP contribution in [-0.2, 0) is 0 Å². The molecule has 0 atom stereocenters. The summed E-state index contributed by atoms with van der Waals surface area (Å²) >= 11 is 0. The van der Waals surface area contributed by atoms with Crippen molar-refractivity contribution in [3.63, 3.8) is 0 Å². The Bertz CT molecular complexity index is 568. The maximum atomic E-state index is 10.6. The second-order valence-corrected chi connectivity index (χ2v) is 5.58. The van der Waals surface area contributed by atoms with Gasteiger partial charge in [0.15, 0.2) is 6.21 Å². The van der Waals surface area contributed by atoms with Crippen molar-refractivity contribution in [3.8, 4) is 0 Å². The Kier molecular flexibility index (Phi) is 8.36. The highest BCUT2D eigenvalue weighted by molar-refractivity contribution is 6.07. The van der Waals surface area contributed by atoms with Crippen molar-refractivity contribution >= 4 is 17.5 Å². The van der Waals surface area contributed by atoms with Gasteiger partial charge in [-0.2, -0.15) is 0 Å². The minimum atomic E-state index is -4.94. The number of hydrogen-bond donors (Lipinski definition) is 0. The van der Waals surface area contributed by atoms with Gasteiger partial charge in [0.1, 0.15) is 14.1 Å². The Morgan fingerprint density at radius 1 is 1.09 bits per heavy atom. The first-order valence-corrected chi connectivity index (χ1v) is 7.39. The highest BCUT2D eigenvalue weighted by atomic mass is 35.7. The van der Waals surface area contributed by atoms with Crippen LogP contribution in [0.2, 0.25) is 0 Å². The van der Waals surface area contributed by atoms with Gasteiger partial charge in [-0.3, -0.25) is 10.1 Å². The van der Waals surface area contributed by atoms with Gasteiger partial charge in [0, 0.05) is 32.4 Å². The molecule has 0 amide bonds. The summed E-state index contributed by atoms with van der Waals surface area (Å²) in [5.74, 6) is 0. The van der Waals surface area contributed by atoms with Gasteiger partial charge in [0.25, 0.3) is 5.69 Å². The van der Waals surface area contributed by atoms with Gasteiger partial charge in [0.05, 0.1) is 10.5 Å². The summed E-state index contributed by atoms with van der Waals surface area (Å²) in [6.07, 6.45) is 3.95. The maximum absolute atomic E-state index is 10.6. The van der Waals surface area contributed by atoms with Crippen molar-refractivity contribution in [2.45, 2.75) is 0 Å². The number of nitrogens with zero attached hydrogens (tertiary/aromatic N) is 3. The molecule has 0 unspecified atom stereocenters. The number of allylic oxidation sites excluding steroid dienone is 1. The summed E-state index contributed by atoms with van der Waals surface area (Å²) in [5.41, 5.74) is 2.05. The SMILES string of the molecule is CN(C)/C=C(\C=[N+](C)C)c1ccc([N+](=O)[O-])cc1.[O-][Cl+3]([O-])([O-])[O-]. The normalized spacial score (nSPS) is 11.2. The molecule has 23 heavy (non-hydrogen) atoms. The van der Waals surface area contributed by atoms with Gasteiger partial charge in [0.2, 0.25) is 0 Å². The number of nitro groups is 1. The molecule has 9 nitrogen and oxygen atoms in total. The van der Waals surface area contributed by atoms with Crippen molar-refractivity contribution in [1.29, 1.82) is 0 Å². The zero-order valence-corrected chi connectivity index (χ0v) is 13.9. The molecule has 0 spiro atoms. The minimum absolute atomic E-state index is 0.104. The van der Waals surface area contributed by atoms with Crippen molar-refractivity contribution in [3.05, 3.63) is 46.1 Å². The molecule has 0 radical (unpaired) electrons. The standard InChI is InChI=1S/C13H18N3O2.ClHO4/c1-14(2)9-12(10-15(3)4)11-5-7-13(8-6-11)16(17)18;2-1(3,4)5/h5-10H,1-4H3;(H,2,3,4,5)/q+1;/p-1. The first-order valence-electron chi connectivity index (χ1n) is 6.16. The van der Waals surface area contributed by atoms with E-state index in [1.54, 1.807) is 12.1 Å². The lowest BCUT2D eigenvalue weighted by Gasteiger charge is -2.17. The molecule has 0 aliphatic rings. The van der Waals surface area contributed by atoms with E-state index in [1.165, 1.54) is 12.1 Å². The number of non-ortho nitro benzene ring substituents is 1. The van der Waals surface area contributed by atoms with E-state index in [9.17, 15) is 10.1 Å². The first kappa shape index (κ1) is 21.0. The van der Waals surface area contributed by atoms with Gasteiger partial charge in [-0.25, -0.2) is 23.2 Å². The Labute approximate surface area is 135 Å². The van der Waals surface area contributed by atoms with Crippen LogP contribution in [-0.4, -0.2) is 48.8 Å². The summed E-state index contributed by atoms with van der Waals surface area (Å²) in [5, 5.41) is 10.6. The Morgan fingerprint density at radius 2 is 1.52 bits per heavy atom. The molecule has 0 N–H and O–H groups in total. The van der Waals surface area contributed by atoms with Crippen molar-refractivity contribution in [2.24, 2.45) is 0 Å². The highest BCUT2D eigenvalue weighted by Crippen LogP contribution is 2.17. The van der Waals surface area contributed by atoms with Crippen LogP contribution in [0.25, 0.3) is 5.57 Å². The Balaban J connectivity index is 0.000000841.